The van der Waals surface area contributed by atoms with Crippen LogP contribution < -0.4 is 9.46 Å². The number of carboxylic acids is 1. The largest absolute Gasteiger partial charge is 0.495 e. The number of nitrogens with one attached hydrogen (secondary N) is 1. The van der Waals surface area contributed by atoms with Crippen molar-refractivity contribution in [2.45, 2.75) is 42.8 Å². The zero-order valence-electron chi connectivity index (χ0n) is 18.6. The van der Waals surface area contributed by atoms with Gasteiger partial charge in [-0.25, -0.2) is 14.2 Å². The van der Waals surface area contributed by atoms with Crippen molar-refractivity contribution in [3.8, 4) is 17.2 Å². The summed E-state index contributed by atoms with van der Waals surface area (Å²) in [6, 6.07) is 9.54. The minimum atomic E-state index is -4.12. The fourth-order valence-corrected chi connectivity index (χ4v) is 4.76. The van der Waals surface area contributed by atoms with E-state index in [0.717, 1.165) is 29.6 Å². The van der Waals surface area contributed by atoms with Crippen molar-refractivity contribution in [3.05, 3.63) is 59.6 Å². The molecule has 1 fully saturated rings. The first kappa shape index (κ1) is 24.9. The summed E-state index contributed by atoms with van der Waals surface area (Å²) in [7, 11) is 1.34. The molecule has 1 saturated carbocycles. The van der Waals surface area contributed by atoms with Crippen LogP contribution in [0, 0.1) is 11.7 Å². The molecular formula is C24H22F4N2O4S. The van der Waals surface area contributed by atoms with Crippen LogP contribution in [-0.4, -0.2) is 29.3 Å². The Balaban J connectivity index is 1.39. The van der Waals surface area contributed by atoms with Gasteiger partial charge in [-0.2, -0.15) is 13.2 Å². The maximum absolute atomic E-state index is 14.0. The second kappa shape index (κ2) is 10.2. The molecular weight excluding hydrogens is 488 g/mol. The zero-order chi connectivity index (χ0) is 25.2. The molecule has 11 heteroatoms. The molecule has 0 radical (unpaired) electrons. The number of alkyl halides is 3. The number of rotatable bonds is 7. The lowest BCUT2D eigenvalue weighted by Crippen LogP contribution is -2.27. The first-order valence-electron chi connectivity index (χ1n) is 10.8. The molecule has 3 aromatic rings. The minimum Gasteiger partial charge on any atom is -0.495 e. The summed E-state index contributed by atoms with van der Waals surface area (Å²) in [5.74, 6) is -2.91. The zero-order valence-corrected chi connectivity index (χ0v) is 19.4. The maximum atomic E-state index is 14.0. The number of ether oxygens (including phenoxy) is 1. The summed E-state index contributed by atoms with van der Waals surface area (Å²) in [6.45, 7) is 0. The van der Waals surface area contributed by atoms with Gasteiger partial charge in [0.1, 0.15) is 17.8 Å². The third-order valence-corrected chi connectivity index (χ3v) is 6.81. The van der Waals surface area contributed by atoms with Gasteiger partial charge in [-0.15, -0.1) is 0 Å². The van der Waals surface area contributed by atoms with E-state index >= 15 is 0 Å². The number of benzene rings is 2. The number of hydrogen-bond donors (Lipinski definition) is 2. The van der Waals surface area contributed by atoms with Gasteiger partial charge in [-0.1, -0.05) is 12.1 Å². The van der Waals surface area contributed by atoms with Crippen LogP contribution in [0.2, 0.25) is 0 Å². The first-order valence-corrected chi connectivity index (χ1v) is 11.6. The molecule has 0 bridgehead atoms. The van der Waals surface area contributed by atoms with Crippen molar-refractivity contribution in [2.75, 3.05) is 11.8 Å². The standard InChI is InChI=1S/C24H22F4N2O4S/c1-33-20-10-17(23(31)32)18(25)11-19(20)30-35-21-12-34-22(29-21)15-4-2-13(3-5-15)14-6-8-16(9-7-14)24(26,27)28/h2-5,10-12,14,16,30H,6-9H2,1H3,(H,31,32). The molecule has 186 valence electrons. The molecule has 0 spiro atoms. The van der Waals surface area contributed by atoms with E-state index in [1.807, 2.05) is 24.3 Å². The van der Waals surface area contributed by atoms with E-state index in [1.165, 1.54) is 13.4 Å². The highest BCUT2D eigenvalue weighted by Gasteiger charge is 2.41. The van der Waals surface area contributed by atoms with E-state index in [-0.39, 0.29) is 30.2 Å². The van der Waals surface area contributed by atoms with Gasteiger partial charge >= 0.3 is 12.1 Å². The van der Waals surface area contributed by atoms with E-state index in [0.29, 0.717) is 29.3 Å². The Kier molecular flexibility index (Phi) is 7.25. The molecule has 0 amide bonds. The third kappa shape index (κ3) is 5.72. The van der Waals surface area contributed by atoms with Crippen molar-refractivity contribution in [2.24, 2.45) is 5.92 Å². The Morgan fingerprint density at radius 1 is 1.17 bits per heavy atom. The van der Waals surface area contributed by atoms with Crippen molar-refractivity contribution in [3.63, 3.8) is 0 Å². The normalized spacial score (nSPS) is 18.3. The van der Waals surface area contributed by atoms with Crippen LogP contribution in [0.3, 0.4) is 0 Å². The van der Waals surface area contributed by atoms with Crippen LogP contribution in [-0.2, 0) is 0 Å². The van der Waals surface area contributed by atoms with Gasteiger partial charge in [-0.3, -0.25) is 0 Å². The lowest BCUT2D eigenvalue weighted by Gasteiger charge is -2.30. The molecule has 1 aliphatic carbocycles. The summed E-state index contributed by atoms with van der Waals surface area (Å²) in [5.41, 5.74) is 1.43. The Bertz CT molecular complexity index is 1190. The van der Waals surface area contributed by atoms with Crippen molar-refractivity contribution in [1.29, 1.82) is 0 Å². The average molecular weight is 511 g/mol. The smallest absolute Gasteiger partial charge is 0.391 e. The second-order valence-corrected chi connectivity index (χ2v) is 9.07. The lowest BCUT2D eigenvalue weighted by molar-refractivity contribution is -0.182. The molecule has 1 heterocycles. The molecule has 0 atom stereocenters. The number of carboxylic acid groups (broad SMARTS) is 1. The molecule has 0 saturated heterocycles. The fraction of sp³-hybridized carbons (Fsp3) is 0.333. The van der Waals surface area contributed by atoms with Gasteiger partial charge < -0.3 is 19.0 Å². The monoisotopic (exact) mass is 510 g/mol. The number of carbonyl (C=O) groups is 1. The lowest BCUT2D eigenvalue weighted by atomic mass is 9.78. The fourth-order valence-electron chi connectivity index (χ4n) is 4.16. The molecule has 1 aliphatic rings. The van der Waals surface area contributed by atoms with Gasteiger partial charge in [0.05, 0.1) is 24.3 Å². The van der Waals surface area contributed by atoms with Gasteiger partial charge in [0.25, 0.3) is 0 Å². The number of aromatic nitrogens is 1. The van der Waals surface area contributed by atoms with Crippen LogP contribution in [0.25, 0.3) is 11.5 Å². The Hall–Kier alpha value is -3.21. The summed E-state index contributed by atoms with van der Waals surface area (Å²) < 4.78 is 66.3. The number of aromatic carboxylic acids is 1. The number of anilines is 1. The quantitative estimate of drug-likeness (QED) is 0.258. The highest BCUT2D eigenvalue weighted by molar-refractivity contribution is 8.00. The van der Waals surface area contributed by atoms with Crippen molar-refractivity contribution < 1.29 is 36.6 Å². The molecule has 6 nitrogen and oxygen atoms in total. The Labute approximate surface area is 202 Å². The third-order valence-electron chi connectivity index (χ3n) is 6.09. The van der Waals surface area contributed by atoms with Crippen LogP contribution in [0.1, 0.15) is 47.5 Å². The molecule has 0 unspecified atom stereocenters. The molecule has 35 heavy (non-hydrogen) atoms. The van der Waals surface area contributed by atoms with Gasteiger partial charge in [-0.05, 0) is 55.4 Å². The summed E-state index contributed by atoms with van der Waals surface area (Å²) >= 11 is 1.03. The van der Waals surface area contributed by atoms with Gasteiger partial charge in [0.15, 0.2) is 5.03 Å². The van der Waals surface area contributed by atoms with Crippen LogP contribution in [0.4, 0.5) is 23.2 Å². The summed E-state index contributed by atoms with van der Waals surface area (Å²) in [4.78, 5) is 15.5. The number of oxazole rings is 1. The predicted molar refractivity (Wildman–Crippen MR) is 122 cm³/mol. The summed E-state index contributed by atoms with van der Waals surface area (Å²) in [6.07, 6.45) is -1.40. The van der Waals surface area contributed by atoms with Crippen LogP contribution in [0.5, 0.6) is 5.75 Å². The molecule has 2 N–H and O–H groups in total. The predicted octanol–water partition coefficient (Wildman–Crippen LogP) is 7.14. The molecule has 1 aromatic heterocycles. The number of hydrogen-bond acceptors (Lipinski definition) is 6. The second-order valence-electron chi connectivity index (χ2n) is 8.24. The topological polar surface area (TPSA) is 84.6 Å². The van der Waals surface area contributed by atoms with Crippen molar-refractivity contribution in [1.82, 2.24) is 4.98 Å². The first-order chi connectivity index (χ1) is 16.7. The number of methoxy groups -OCH3 is 1. The van der Waals surface area contributed by atoms with Crippen molar-refractivity contribution >= 4 is 23.6 Å². The van der Waals surface area contributed by atoms with E-state index in [9.17, 15) is 22.4 Å². The highest BCUT2D eigenvalue weighted by Crippen LogP contribution is 2.43. The molecule has 2 aromatic carbocycles. The SMILES string of the molecule is COc1cc(C(=O)O)c(F)cc1NSc1coc(-c2ccc(C3CCC(C(F)(F)F)CC3)cc2)n1. The Morgan fingerprint density at radius 3 is 2.46 bits per heavy atom. The van der Waals surface area contributed by atoms with Gasteiger partial charge in [0, 0.05) is 23.6 Å². The molecule has 0 aliphatic heterocycles. The number of halogens is 4. The van der Waals surface area contributed by atoms with Crippen LogP contribution >= 0.6 is 11.9 Å². The van der Waals surface area contributed by atoms with E-state index in [4.69, 9.17) is 14.3 Å². The molecule has 4 rings (SSSR count). The summed E-state index contributed by atoms with van der Waals surface area (Å²) in [5, 5.41) is 9.49. The van der Waals surface area contributed by atoms with Gasteiger partial charge in [0.2, 0.25) is 5.89 Å². The maximum Gasteiger partial charge on any atom is 0.391 e. The average Bonchev–Trinajstić information content (AvgIpc) is 3.31. The highest BCUT2D eigenvalue weighted by atomic mass is 32.2. The number of nitrogens with zero attached hydrogens (tertiary/aromatic N) is 1. The Morgan fingerprint density at radius 2 is 1.86 bits per heavy atom. The van der Waals surface area contributed by atoms with E-state index < -0.39 is 29.4 Å². The van der Waals surface area contributed by atoms with E-state index in [2.05, 4.69) is 9.71 Å². The minimum absolute atomic E-state index is 0.102. The van der Waals surface area contributed by atoms with Crippen LogP contribution in [0.15, 0.2) is 52.1 Å². The van der Waals surface area contributed by atoms with E-state index in [1.54, 1.807) is 0 Å².